The fourth-order valence-electron chi connectivity index (χ4n) is 9.14. The maximum absolute atomic E-state index is 12.9. The summed E-state index contributed by atoms with van der Waals surface area (Å²) in [5, 5.41) is 0. The third-order valence-electron chi connectivity index (χ3n) is 14.0. The van der Waals surface area contributed by atoms with Gasteiger partial charge >= 0.3 is 17.9 Å². The van der Waals surface area contributed by atoms with Gasteiger partial charge in [-0.2, -0.15) is 0 Å². The van der Waals surface area contributed by atoms with Crippen LogP contribution in [-0.4, -0.2) is 37.2 Å². The van der Waals surface area contributed by atoms with Gasteiger partial charge in [0.2, 0.25) is 0 Å². The van der Waals surface area contributed by atoms with Crippen molar-refractivity contribution in [2.24, 2.45) is 0 Å². The number of ether oxygens (including phenoxy) is 3. The van der Waals surface area contributed by atoms with Crippen LogP contribution in [0.2, 0.25) is 0 Å². The van der Waals surface area contributed by atoms with Gasteiger partial charge in [-0.05, 0) is 122 Å². The van der Waals surface area contributed by atoms with Crippen molar-refractivity contribution in [3.8, 4) is 0 Å². The average Bonchev–Trinajstić information content (AvgIpc) is 3.43. The van der Waals surface area contributed by atoms with E-state index in [9.17, 15) is 14.4 Å². The molecule has 442 valence electrons. The van der Waals surface area contributed by atoms with Crippen LogP contribution in [0.1, 0.15) is 316 Å². The molecule has 77 heavy (non-hydrogen) atoms. The Morgan fingerprint density at radius 1 is 0.273 bits per heavy atom. The Bertz CT molecular complexity index is 1510. The summed E-state index contributed by atoms with van der Waals surface area (Å²) in [6.45, 7) is 6.50. The van der Waals surface area contributed by atoms with Gasteiger partial charge in [0, 0.05) is 19.3 Å². The van der Waals surface area contributed by atoms with E-state index in [0.717, 1.165) is 135 Å². The van der Waals surface area contributed by atoms with Gasteiger partial charge in [-0.1, -0.05) is 272 Å². The Kier molecular flexibility index (Phi) is 61.8. The maximum Gasteiger partial charge on any atom is 0.306 e. The van der Waals surface area contributed by atoms with Crippen molar-refractivity contribution in [1.29, 1.82) is 0 Å². The Morgan fingerprint density at radius 3 is 0.831 bits per heavy atom. The van der Waals surface area contributed by atoms with Gasteiger partial charge in [0.15, 0.2) is 6.10 Å². The highest BCUT2D eigenvalue weighted by atomic mass is 16.6. The molecule has 1 unspecified atom stereocenters. The Morgan fingerprint density at radius 2 is 0.506 bits per heavy atom. The molecule has 1 atom stereocenters. The van der Waals surface area contributed by atoms with Gasteiger partial charge in [0.25, 0.3) is 0 Å². The quantitative estimate of drug-likeness (QED) is 0.0261. The molecule has 0 N–H and O–H groups in total. The molecule has 0 aliphatic rings. The molecule has 0 radical (unpaired) electrons. The largest absolute Gasteiger partial charge is 0.462 e. The van der Waals surface area contributed by atoms with Gasteiger partial charge in [-0.3, -0.25) is 14.4 Å². The number of hydrogen-bond acceptors (Lipinski definition) is 6. The summed E-state index contributed by atoms with van der Waals surface area (Å²) >= 11 is 0. The highest BCUT2D eigenvalue weighted by Gasteiger charge is 2.19. The fraction of sp³-hybridized carbons (Fsp3) is 0.732. The van der Waals surface area contributed by atoms with Crippen LogP contribution in [-0.2, 0) is 28.6 Å². The first-order valence-corrected chi connectivity index (χ1v) is 32.7. The zero-order valence-corrected chi connectivity index (χ0v) is 50.7. The van der Waals surface area contributed by atoms with Crippen molar-refractivity contribution in [1.82, 2.24) is 0 Å². The molecule has 0 heterocycles. The number of carbonyl (C=O) groups is 3. The van der Waals surface area contributed by atoms with Gasteiger partial charge < -0.3 is 14.2 Å². The lowest BCUT2D eigenvalue weighted by Gasteiger charge is -2.18. The van der Waals surface area contributed by atoms with E-state index in [2.05, 4.69) is 118 Å². The highest BCUT2D eigenvalue weighted by Crippen LogP contribution is 2.16. The number of carbonyl (C=O) groups excluding carboxylic acids is 3. The molecular weight excluding hydrogens is 949 g/mol. The molecule has 0 fully saturated rings. The molecule has 0 saturated heterocycles. The van der Waals surface area contributed by atoms with E-state index < -0.39 is 6.10 Å². The molecule has 0 aliphatic carbocycles. The Hall–Kier alpha value is -3.67. The number of allylic oxidation sites excluding steroid dienone is 16. The van der Waals surface area contributed by atoms with Crippen LogP contribution in [0, 0.1) is 0 Å². The van der Waals surface area contributed by atoms with E-state index in [4.69, 9.17) is 14.2 Å². The second kappa shape index (κ2) is 64.9. The summed E-state index contributed by atoms with van der Waals surface area (Å²) in [5.41, 5.74) is 0. The molecule has 0 bridgehead atoms. The predicted molar refractivity (Wildman–Crippen MR) is 334 cm³/mol. The molecule has 0 amide bonds. The monoisotopic (exact) mass is 1070 g/mol. The van der Waals surface area contributed by atoms with Crippen molar-refractivity contribution >= 4 is 17.9 Å². The normalized spacial score (nSPS) is 12.7. The van der Waals surface area contributed by atoms with Gasteiger partial charge in [-0.25, -0.2) is 0 Å². The van der Waals surface area contributed by atoms with E-state index in [-0.39, 0.29) is 31.1 Å². The second-order valence-corrected chi connectivity index (χ2v) is 21.6. The number of hydrogen-bond donors (Lipinski definition) is 0. The minimum absolute atomic E-state index is 0.0899. The van der Waals surface area contributed by atoms with Crippen molar-refractivity contribution < 1.29 is 28.6 Å². The Balaban J connectivity index is 4.40. The minimum atomic E-state index is -0.797. The lowest BCUT2D eigenvalue weighted by Crippen LogP contribution is -2.30. The molecule has 0 aromatic carbocycles. The summed E-state index contributed by atoms with van der Waals surface area (Å²) < 4.78 is 16.9. The smallest absolute Gasteiger partial charge is 0.306 e. The minimum Gasteiger partial charge on any atom is -0.462 e. The van der Waals surface area contributed by atoms with Gasteiger partial charge in [-0.15, -0.1) is 0 Å². The van der Waals surface area contributed by atoms with Crippen molar-refractivity contribution in [2.75, 3.05) is 13.2 Å². The van der Waals surface area contributed by atoms with E-state index in [1.165, 1.54) is 141 Å². The lowest BCUT2D eigenvalue weighted by atomic mass is 10.0. The molecule has 0 aromatic rings. The van der Waals surface area contributed by atoms with Crippen molar-refractivity contribution in [3.05, 3.63) is 97.2 Å². The van der Waals surface area contributed by atoms with Gasteiger partial charge in [0.05, 0.1) is 0 Å². The van der Waals surface area contributed by atoms with Crippen LogP contribution in [0.5, 0.6) is 0 Å². The maximum atomic E-state index is 12.9. The number of unbranched alkanes of at least 4 members (excludes halogenated alkanes) is 32. The standard InChI is InChI=1S/C71H122O6/c1-4-7-10-13-16-19-22-25-28-30-32-34-35-37-38-40-43-46-49-52-55-58-61-64-70(73)76-67-68(66-75-69(72)63-60-57-54-51-48-45-42-27-24-21-18-15-12-9-6-3)77-71(74)65-62-59-56-53-50-47-44-41-39-36-33-31-29-26-23-20-17-14-11-8-5-2/h8,11,17-18,20-21,26-27,29-30,32-33,36,41-42,44,68H,4-7,9-10,12-16,19,22-25,28,31,34-35,37-40,43,45-67H2,1-3H3/b11-8-,20-17-,21-18-,29-26-,32-30-,36-33-,42-27-,44-41-. The third-order valence-corrected chi connectivity index (χ3v) is 14.0. The predicted octanol–water partition coefficient (Wildman–Crippen LogP) is 22.4. The molecular formula is C71H122O6. The number of rotatable bonds is 59. The van der Waals surface area contributed by atoms with Crippen molar-refractivity contribution in [3.63, 3.8) is 0 Å². The lowest BCUT2D eigenvalue weighted by molar-refractivity contribution is -0.167. The SMILES string of the molecule is CC/C=C\C/C=C\C/C=C\C/C=C\C/C=C\CCCCCCCC(=O)OC(COC(=O)CCCCCCC/C=C\C/C=C\CCCCC)COC(=O)CCCCCCCCCCCCC/C=C\CCCCCCCCCC. The summed E-state index contributed by atoms with van der Waals surface area (Å²) in [7, 11) is 0. The van der Waals surface area contributed by atoms with E-state index in [1.807, 2.05) is 0 Å². The zero-order valence-electron chi connectivity index (χ0n) is 50.7. The highest BCUT2D eigenvalue weighted by molar-refractivity contribution is 5.71. The van der Waals surface area contributed by atoms with Crippen LogP contribution in [0.3, 0.4) is 0 Å². The fourth-order valence-corrected chi connectivity index (χ4v) is 9.14. The van der Waals surface area contributed by atoms with E-state index in [0.29, 0.717) is 19.3 Å². The molecule has 0 saturated carbocycles. The zero-order chi connectivity index (χ0) is 55.7. The van der Waals surface area contributed by atoms with E-state index in [1.54, 1.807) is 0 Å². The summed E-state index contributed by atoms with van der Waals surface area (Å²) in [4.78, 5) is 38.4. The average molecular weight is 1070 g/mol. The third kappa shape index (κ3) is 63.0. The summed E-state index contributed by atoms with van der Waals surface area (Å²) in [6, 6.07) is 0. The van der Waals surface area contributed by atoms with Crippen LogP contribution >= 0.6 is 0 Å². The van der Waals surface area contributed by atoms with Crippen LogP contribution < -0.4 is 0 Å². The number of esters is 3. The summed E-state index contributed by atoms with van der Waals surface area (Å²) in [6.07, 6.45) is 87.0. The molecule has 0 aliphatic heterocycles. The summed E-state index contributed by atoms with van der Waals surface area (Å²) in [5.74, 6) is -0.914. The molecule has 6 heteroatoms. The van der Waals surface area contributed by atoms with Crippen molar-refractivity contribution in [2.45, 2.75) is 322 Å². The van der Waals surface area contributed by atoms with Crippen LogP contribution in [0.25, 0.3) is 0 Å². The molecule has 6 nitrogen and oxygen atoms in total. The Labute approximate surface area is 477 Å². The van der Waals surface area contributed by atoms with Crippen LogP contribution in [0.4, 0.5) is 0 Å². The topological polar surface area (TPSA) is 78.9 Å². The molecule has 0 rings (SSSR count). The second-order valence-electron chi connectivity index (χ2n) is 21.6. The molecule has 0 aromatic heterocycles. The first kappa shape index (κ1) is 73.3. The van der Waals surface area contributed by atoms with Gasteiger partial charge in [0.1, 0.15) is 13.2 Å². The first-order valence-electron chi connectivity index (χ1n) is 32.7. The molecule has 0 spiro atoms. The van der Waals surface area contributed by atoms with Crippen LogP contribution in [0.15, 0.2) is 97.2 Å². The van der Waals surface area contributed by atoms with E-state index >= 15 is 0 Å². The first-order chi connectivity index (χ1) is 38.0.